The van der Waals surface area contributed by atoms with Gasteiger partial charge in [-0.25, -0.2) is 0 Å². The Morgan fingerprint density at radius 2 is 1.97 bits per heavy atom. The standard InChI is InChI=1S/C21H21ClF3NO5/c1-31-12-8-10-26(11-12)18(28)14-5-2-3-9-20(14,19(29)30)17(27)16-13(21(23,24)25)6-4-7-15(16)22/h2-4,6-7,12,14H,5,8-11H2,1H3,(H,29,30)/t12-,14?,20?/m0/s1. The van der Waals surface area contributed by atoms with Gasteiger partial charge in [0.15, 0.2) is 5.78 Å². The number of ketones is 1. The number of benzene rings is 1. The summed E-state index contributed by atoms with van der Waals surface area (Å²) in [6.45, 7) is 0.528. The normalized spacial score (nSPS) is 26.2. The summed E-state index contributed by atoms with van der Waals surface area (Å²) in [5.74, 6) is -4.94. The molecule has 3 atom stereocenters. The quantitative estimate of drug-likeness (QED) is 0.411. The van der Waals surface area contributed by atoms with Crippen molar-refractivity contribution in [1.82, 2.24) is 4.90 Å². The van der Waals surface area contributed by atoms with Crippen molar-refractivity contribution in [2.75, 3.05) is 20.2 Å². The first-order valence-electron chi connectivity index (χ1n) is 9.64. The Hall–Kier alpha value is -2.39. The van der Waals surface area contributed by atoms with Crippen LogP contribution in [-0.2, 0) is 20.5 Å². The van der Waals surface area contributed by atoms with Gasteiger partial charge in [-0.05, 0) is 31.4 Å². The Balaban J connectivity index is 2.11. The first-order valence-corrected chi connectivity index (χ1v) is 10.0. The number of nitrogens with zero attached hydrogens (tertiary/aromatic N) is 1. The van der Waals surface area contributed by atoms with Crippen molar-refractivity contribution in [2.45, 2.75) is 31.5 Å². The molecule has 0 bridgehead atoms. The van der Waals surface area contributed by atoms with Gasteiger partial charge in [0.05, 0.1) is 22.6 Å². The van der Waals surface area contributed by atoms with Crippen LogP contribution in [0.25, 0.3) is 0 Å². The molecule has 2 aliphatic rings. The maximum Gasteiger partial charge on any atom is 0.417 e. The molecule has 1 aliphatic carbocycles. The molecule has 1 heterocycles. The fourth-order valence-corrected chi connectivity index (χ4v) is 4.56. The van der Waals surface area contributed by atoms with Gasteiger partial charge in [0, 0.05) is 25.8 Å². The first-order chi connectivity index (χ1) is 14.5. The van der Waals surface area contributed by atoms with Crippen LogP contribution in [0.4, 0.5) is 13.2 Å². The molecule has 6 nitrogen and oxygen atoms in total. The predicted molar refractivity (Wildman–Crippen MR) is 105 cm³/mol. The van der Waals surface area contributed by atoms with Crippen LogP contribution in [0, 0.1) is 11.3 Å². The number of ether oxygens (including phenoxy) is 1. The van der Waals surface area contributed by atoms with Gasteiger partial charge in [-0.2, -0.15) is 13.2 Å². The SMILES string of the molecule is CO[C@H]1CCN(C(=O)C2CC=CCC2(C(=O)O)C(=O)c2c(Cl)cccc2C(F)(F)F)C1. The van der Waals surface area contributed by atoms with Crippen molar-refractivity contribution in [1.29, 1.82) is 0 Å². The Kier molecular flexibility index (Phi) is 6.48. The van der Waals surface area contributed by atoms with Crippen molar-refractivity contribution in [3.63, 3.8) is 0 Å². The number of hydrogen-bond acceptors (Lipinski definition) is 4. The number of aliphatic carboxylic acids is 1. The molecule has 3 rings (SSSR count). The number of carbonyl (C=O) groups excluding carboxylic acids is 2. The van der Waals surface area contributed by atoms with E-state index < -0.39 is 57.7 Å². The Morgan fingerprint density at radius 1 is 1.26 bits per heavy atom. The molecule has 0 spiro atoms. The number of carboxylic acid groups (broad SMARTS) is 1. The largest absolute Gasteiger partial charge is 0.480 e. The lowest BCUT2D eigenvalue weighted by molar-refractivity contribution is -0.156. The zero-order valence-electron chi connectivity index (χ0n) is 16.6. The third kappa shape index (κ3) is 4.08. The number of hydrogen-bond donors (Lipinski definition) is 1. The Bertz CT molecular complexity index is 932. The van der Waals surface area contributed by atoms with Crippen molar-refractivity contribution in [3.8, 4) is 0 Å². The highest BCUT2D eigenvalue weighted by Gasteiger charge is 2.58. The molecule has 1 aliphatic heterocycles. The predicted octanol–water partition coefficient (Wildman–Crippen LogP) is 3.83. The molecule has 0 radical (unpaired) electrons. The van der Waals surface area contributed by atoms with Crippen molar-refractivity contribution >= 4 is 29.3 Å². The van der Waals surface area contributed by atoms with Crippen molar-refractivity contribution in [2.24, 2.45) is 11.3 Å². The summed E-state index contributed by atoms with van der Waals surface area (Å²) in [6, 6.07) is 2.81. The van der Waals surface area contributed by atoms with Gasteiger partial charge < -0.3 is 14.7 Å². The molecule has 1 aromatic rings. The van der Waals surface area contributed by atoms with E-state index in [1.54, 1.807) is 6.08 Å². The second-order valence-electron chi connectivity index (χ2n) is 7.66. The van der Waals surface area contributed by atoms with E-state index in [9.17, 15) is 32.7 Å². The van der Waals surface area contributed by atoms with E-state index in [2.05, 4.69) is 0 Å². The minimum atomic E-state index is -4.93. The van der Waals surface area contributed by atoms with Crippen LogP contribution in [-0.4, -0.2) is 54.0 Å². The van der Waals surface area contributed by atoms with E-state index in [1.807, 2.05) is 0 Å². The number of rotatable bonds is 5. The van der Waals surface area contributed by atoms with E-state index >= 15 is 0 Å². The zero-order chi connectivity index (χ0) is 23.0. The molecule has 1 N–H and O–H groups in total. The summed E-state index contributed by atoms with van der Waals surface area (Å²) >= 11 is 5.96. The Labute approximate surface area is 181 Å². The number of amides is 1. The average molecular weight is 460 g/mol. The molecule has 1 saturated heterocycles. The molecule has 1 amide bonds. The third-order valence-corrected chi connectivity index (χ3v) is 6.31. The molecule has 1 aromatic carbocycles. The molecule has 10 heteroatoms. The molecule has 0 aromatic heterocycles. The summed E-state index contributed by atoms with van der Waals surface area (Å²) in [4.78, 5) is 40.6. The van der Waals surface area contributed by atoms with Crippen LogP contribution in [0.15, 0.2) is 30.4 Å². The van der Waals surface area contributed by atoms with E-state index in [0.29, 0.717) is 19.0 Å². The topological polar surface area (TPSA) is 83.9 Å². The zero-order valence-corrected chi connectivity index (χ0v) is 17.4. The third-order valence-electron chi connectivity index (χ3n) is 5.99. The molecular weight excluding hydrogens is 439 g/mol. The maximum atomic E-state index is 13.6. The highest BCUT2D eigenvalue weighted by atomic mass is 35.5. The molecule has 31 heavy (non-hydrogen) atoms. The van der Waals surface area contributed by atoms with Gasteiger partial charge in [-0.1, -0.05) is 29.8 Å². The van der Waals surface area contributed by atoms with Gasteiger partial charge in [0.25, 0.3) is 0 Å². The summed E-state index contributed by atoms with van der Waals surface area (Å²) in [6.07, 6.45) is -2.14. The summed E-state index contributed by atoms with van der Waals surface area (Å²) in [5, 5.41) is 9.58. The number of allylic oxidation sites excluding steroid dienone is 2. The molecule has 2 unspecified atom stereocenters. The van der Waals surface area contributed by atoms with E-state index in [-0.39, 0.29) is 19.1 Å². The van der Waals surface area contributed by atoms with Crippen molar-refractivity contribution in [3.05, 3.63) is 46.5 Å². The smallest absolute Gasteiger partial charge is 0.417 e. The van der Waals surface area contributed by atoms with Gasteiger partial charge in [0.1, 0.15) is 5.41 Å². The van der Waals surface area contributed by atoms with Gasteiger partial charge >= 0.3 is 12.1 Å². The molecular formula is C21H21ClF3NO5. The van der Waals surface area contributed by atoms with Crippen LogP contribution in [0.1, 0.15) is 35.2 Å². The number of alkyl halides is 3. The van der Waals surface area contributed by atoms with E-state index in [1.165, 1.54) is 18.1 Å². The highest BCUT2D eigenvalue weighted by Crippen LogP contribution is 2.46. The monoisotopic (exact) mass is 459 g/mol. The number of carbonyl (C=O) groups is 3. The van der Waals surface area contributed by atoms with Crippen LogP contribution in [0.5, 0.6) is 0 Å². The van der Waals surface area contributed by atoms with Gasteiger partial charge in [0.2, 0.25) is 5.91 Å². The highest BCUT2D eigenvalue weighted by molar-refractivity contribution is 6.35. The van der Waals surface area contributed by atoms with Crippen molar-refractivity contribution < 1.29 is 37.4 Å². The summed E-state index contributed by atoms with van der Waals surface area (Å²) in [5.41, 5.74) is -4.66. The Morgan fingerprint density at radius 3 is 2.55 bits per heavy atom. The number of Topliss-reactive ketones (excluding diaryl/α,β-unsaturated/α-hetero) is 1. The van der Waals surface area contributed by atoms with Gasteiger partial charge in [-0.15, -0.1) is 0 Å². The van der Waals surface area contributed by atoms with E-state index in [4.69, 9.17) is 16.3 Å². The van der Waals surface area contributed by atoms with E-state index in [0.717, 1.165) is 12.1 Å². The number of likely N-dealkylation sites (tertiary alicyclic amines) is 1. The summed E-state index contributed by atoms with van der Waals surface area (Å²) in [7, 11) is 1.49. The van der Waals surface area contributed by atoms with Crippen LogP contribution < -0.4 is 0 Å². The fraction of sp³-hybridized carbons (Fsp3) is 0.476. The van der Waals surface area contributed by atoms with Crippen LogP contribution in [0.2, 0.25) is 5.02 Å². The molecule has 0 saturated carbocycles. The van der Waals surface area contributed by atoms with Crippen LogP contribution in [0.3, 0.4) is 0 Å². The minimum Gasteiger partial charge on any atom is -0.480 e. The average Bonchev–Trinajstić information content (AvgIpc) is 3.21. The van der Waals surface area contributed by atoms with Crippen LogP contribution >= 0.6 is 11.6 Å². The fourth-order valence-electron chi connectivity index (χ4n) is 4.30. The van der Waals surface area contributed by atoms with Gasteiger partial charge in [-0.3, -0.25) is 14.4 Å². The first kappa shape index (κ1) is 23.3. The molecule has 1 fully saturated rings. The number of carboxylic acids is 1. The minimum absolute atomic E-state index is 0.0865. The lowest BCUT2D eigenvalue weighted by Crippen LogP contribution is -2.53. The lowest BCUT2D eigenvalue weighted by Gasteiger charge is -2.38. The summed E-state index contributed by atoms with van der Waals surface area (Å²) < 4.78 is 46.0. The number of halogens is 4. The lowest BCUT2D eigenvalue weighted by atomic mass is 9.63. The maximum absolute atomic E-state index is 13.6. The second-order valence-corrected chi connectivity index (χ2v) is 8.07. The molecule has 168 valence electrons. The second kappa shape index (κ2) is 8.63. The number of methoxy groups -OCH3 is 1.